The van der Waals surface area contributed by atoms with Gasteiger partial charge in [0.2, 0.25) is 5.91 Å². The van der Waals surface area contributed by atoms with Crippen LogP contribution in [0.5, 0.6) is 0 Å². The predicted molar refractivity (Wildman–Crippen MR) is 91.0 cm³/mol. The number of amides is 1. The number of pyridine rings is 1. The lowest BCUT2D eigenvalue weighted by atomic mass is 10.0. The first-order valence-electron chi connectivity index (χ1n) is 8.06. The number of esters is 2. The third-order valence-electron chi connectivity index (χ3n) is 3.90. The summed E-state index contributed by atoms with van der Waals surface area (Å²) in [6, 6.07) is 0. The quantitative estimate of drug-likeness (QED) is 0.371. The summed E-state index contributed by atoms with van der Waals surface area (Å²) in [7, 11) is 0.789. The molecule has 0 radical (unpaired) electrons. The van der Waals surface area contributed by atoms with E-state index < -0.39 is 63.0 Å². The standard InChI is InChI=1S/C16H14BrF5N2O5/c1-3-29-13(26)7-8(24-14(27)15(17)4-5-15)6(12(25)28-2)9(11(18)19)23-10(7)16(20,21)22/h11H,3-5H2,1-2H3,(H,23,24,27). The van der Waals surface area contributed by atoms with Gasteiger partial charge in [0.15, 0.2) is 5.69 Å². The Labute approximate surface area is 169 Å². The largest absolute Gasteiger partial charge is 0.465 e. The summed E-state index contributed by atoms with van der Waals surface area (Å²) in [5, 5.41) is 1.98. The molecule has 2 rings (SSSR count). The van der Waals surface area contributed by atoms with E-state index in [-0.39, 0.29) is 6.61 Å². The van der Waals surface area contributed by atoms with E-state index in [4.69, 9.17) is 0 Å². The molecular weight excluding hydrogens is 475 g/mol. The second kappa shape index (κ2) is 8.20. The minimum Gasteiger partial charge on any atom is -0.465 e. The highest BCUT2D eigenvalue weighted by Crippen LogP contribution is 2.46. The number of hydrogen-bond acceptors (Lipinski definition) is 6. The van der Waals surface area contributed by atoms with Crippen LogP contribution in [0.4, 0.5) is 27.6 Å². The maximum Gasteiger partial charge on any atom is 0.434 e. The van der Waals surface area contributed by atoms with E-state index in [1.807, 2.05) is 5.32 Å². The second-order valence-corrected chi connectivity index (χ2v) is 7.42. The average Bonchev–Trinajstić information content (AvgIpc) is 3.38. The molecule has 1 aromatic heterocycles. The highest BCUT2D eigenvalue weighted by Gasteiger charge is 2.49. The summed E-state index contributed by atoms with van der Waals surface area (Å²) < 4.78 is 75.3. The van der Waals surface area contributed by atoms with Crippen molar-refractivity contribution in [2.75, 3.05) is 19.0 Å². The van der Waals surface area contributed by atoms with Crippen molar-refractivity contribution in [3.63, 3.8) is 0 Å². The van der Waals surface area contributed by atoms with Crippen molar-refractivity contribution in [1.29, 1.82) is 0 Å². The fraction of sp³-hybridized carbons (Fsp3) is 0.500. The van der Waals surface area contributed by atoms with Crippen molar-refractivity contribution in [2.24, 2.45) is 0 Å². The van der Waals surface area contributed by atoms with E-state index in [1.165, 1.54) is 6.92 Å². The van der Waals surface area contributed by atoms with Crippen molar-refractivity contribution < 1.29 is 45.8 Å². The Hall–Kier alpha value is -2.31. The molecule has 1 aliphatic rings. The molecule has 1 fully saturated rings. The number of rotatable bonds is 6. The molecule has 1 N–H and O–H groups in total. The molecule has 1 heterocycles. The molecule has 0 aliphatic heterocycles. The number of anilines is 1. The van der Waals surface area contributed by atoms with Crippen LogP contribution in [0, 0.1) is 0 Å². The van der Waals surface area contributed by atoms with Crippen molar-refractivity contribution >= 4 is 39.5 Å². The Bertz CT molecular complexity index is 855. The third kappa shape index (κ3) is 4.65. The van der Waals surface area contributed by atoms with E-state index in [1.54, 1.807) is 0 Å². The first-order chi connectivity index (χ1) is 13.4. The van der Waals surface area contributed by atoms with Gasteiger partial charge in [-0.15, -0.1) is 0 Å². The molecule has 0 aromatic carbocycles. The number of hydrogen-bond donors (Lipinski definition) is 1. The van der Waals surface area contributed by atoms with Gasteiger partial charge >= 0.3 is 18.1 Å². The highest BCUT2D eigenvalue weighted by molar-refractivity contribution is 9.10. The molecule has 0 bridgehead atoms. The van der Waals surface area contributed by atoms with Crippen molar-refractivity contribution in [3.05, 3.63) is 22.5 Å². The number of alkyl halides is 6. The molecule has 160 valence electrons. The number of ether oxygens (including phenoxy) is 2. The van der Waals surface area contributed by atoms with Gasteiger partial charge in [-0.3, -0.25) is 4.79 Å². The summed E-state index contributed by atoms with van der Waals surface area (Å²) in [6.07, 6.45) is -8.40. The van der Waals surface area contributed by atoms with Crippen LogP contribution in [-0.2, 0) is 20.4 Å². The molecule has 0 unspecified atom stereocenters. The first-order valence-corrected chi connectivity index (χ1v) is 8.85. The molecule has 1 aliphatic carbocycles. The SMILES string of the molecule is CCOC(=O)c1c(C(F)(F)F)nc(C(F)F)c(C(=O)OC)c1NC(=O)C1(Br)CC1. The molecule has 1 aromatic rings. The zero-order chi connectivity index (χ0) is 22.1. The van der Waals surface area contributed by atoms with Gasteiger partial charge in [-0.2, -0.15) is 13.2 Å². The predicted octanol–water partition coefficient (Wildman–Crippen LogP) is 3.87. The normalized spacial score (nSPS) is 15.1. The van der Waals surface area contributed by atoms with Crippen molar-refractivity contribution in [2.45, 2.75) is 36.7 Å². The van der Waals surface area contributed by atoms with Crippen LogP contribution in [0.25, 0.3) is 0 Å². The van der Waals surface area contributed by atoms with Gasteiger partial charge in [0.05, 0.1) is 19.4 Å². The third-order valence-corrected chi connectivity index (χ3v) is 5.06. The van der Waals surface area contributed by atoms with Crippen LogP contribution in [0.15, 0.2) is 0 Å². The number of carbonyl (C=O) groups excluding carboxylic acids is 3. The van der Waals surface area contributed by atoms with E-state index in [9.17, 15) is 36.3 Å². The Morgan fingerprint density at radius 1 is 1.21 bits per heavy atom. The minimum atomic E-state index is -5.37. The number of methoxy groups -OCH3 is 1. The van der Waals surface area contributed by atoms with Gasteiger partial charge in [0, 0.05) is 0 Å². The molecule has 1 amide bonds. The zero-order valence-corrected chi connectivity index (χ0v) is 16.5. The first kappa shape index (κ1) is 23.0. The van der Waals surface area contributed by atoms with Gasteiger partial charge in [0.25, 0.3) is 6.43 Å². The van der Waals surface area contributed by atoms with Crippen molar-refractivity contribution in [1.82, 2.24) is 4.98 Å². The zero-order valence-electron chi connectivity index (χ0n) is 15.0. The van der Waals surface area contributed by atoms with Crippen LogP contribution in [0.3, 0.4) is 0 Å². The van der Waals surface area contributed by atoms with Crippen LogP contribution < -0.4 is 5.32 Å². The molecule has 0 spiro atoms. The number of carbonyl (C=O) groups is 3. The molecule has 0 saturated heterocycles. The summed E-state index contributed by atoms with van der Waals surface area (Å²) in [4.78, 5) is 39.6. The summed E-state index contributed by atoms with van der Waals surface area (Å²) in [5.41, 5.74) is -7.23. The summed E-state index contributed by atoms with van der Waals surface area (Å²) in [6.45, 7) is 0.930. The Kier molecular flexibility index (Phi) is 6.50. The maximum absolute atomic E-state index is 13.5. The van der Waals surface area contributed by atoms with Crippen LogP contribution in [0.2, 0.25) is 0 Å². The van der Waals surface area contributed by atoms with Gasteiger partial charge < -0.3 is 14.8 Å². The Morgan fingerprint density at radius 2 is 1.79 bits per heavy atom. The summed E-state index contributed by atoms with van der Waals surface area (Å²) in [5.74, 6) is -4.04. The molecule has 29 heavy (non-hydrogen) atoms. The van der Waals surface area contributed by atoms with Gasteiger partial charge in [-0.1, -0.05) is 15.9 Å². The van der Waals surface area contributed by atoms with Gasteiger partial charge in [0.1, 0.15) is 21.1 Å². The fourth-order valence-corrected chi connectivity index (χ4v) is 2.66. The molecular formula is C16H14BrF5N2O5. The van der Waals surface area contributed by atoms with E-state index >= 15 is 0 Å². The number of nitrogens with one attached hydrogen (secondary N) is 1. The number of halogens is 6. The number of aromatic nitrogens is 1. The molecule has 0 atom stereocenters. The topological polar surface area (TPSA) is 94.6 Å². The van der Waals surface area contributed by atoms with E-state index in [2.05, 4.69) is 30.4 Å². The van der Waals surface area contributed by atoms with Crippen molar-refractivity contribution in [3.8, 4) is 0 Å². The average molecular weight is 489 g/mol. The smallest absolute Gasteiger partial charge is 0.434 e. The van der Waals surface area contributed by atoms with E-state index in [0.717, 1.165) is 7.11 Å². The van der Waals surface area contributed by atoms with Crippen LogP contribution in [-0.4, -0.2) is 40.9 Å². The lowest BCUT2D eigenvalue weighted by molar-refractivity contribution is -0.142. The minimum absolute atomic E-state index is 0.306. The fourth-order valence-electron chi connectivity index (χ4n) is 2.36. The van der Waals surface area contributed by atoms with E-state index in [0.29, 0.717) is 12.8 Å². The Morgan fingerprint density at radius 3 is 2.21 bits per heavy atom. The molecule has 7 nitrogen and oxygen atoms in total. The molecule has 13 heteroatoms. The summed E-state index contributed by atoms with van der Waals surface area (Å²) >= 11 is 3.06. The second-order valence-electron chi connectivity index (χ2n) is 5.90. The van der Waals surface area contributed by atoms with Crippen LogP contribution >= 0.6 is 15.9 Å². The lowest BCUT2D eigenvalue weighted by Crippen LogP contribution is -2.30. The number of nitrogens with zero attached hydrogens (tertiary/aromatic N) is 1. The highest BCUT2D eigenvalue weighted by atomic mass is 79.9. The molecule has 1 saturated carbocycles. The lowest BCUT2D eigenvalue weighted by Gasteiger charge is -2.21. The maximum atomic E-state index is 13.5. The van der Waals surface area contributed by atoms with Gasteiger partial charge in [-0.05, 0) is 19.8 Å². The van der Waals surface area contributed by atoms with Crippen LogP contribution in [0.1, 0.15) is 58.3 Å². The Balaban J connectivity index is 2.89. The van der Waals surface area contributed by atoms with Gasteiger partial charge in [-0.25, -0.2) is 23.4 Å². The monoisotopic (exact) mass is 488 g/mol.